The summed E-state index contributed by atoms with van der Waals surface area (Å²) < 4.78 is 20.9. The van der Waals surface area contributed by atoms with E-state index in [1.165, 1.54) is 11.1 Å². The van der Waals surface area contributed by atoms with Gasteiger partial charge in [-0.05, 0) is 68.4 Å². The molecule has 3 aliphatic heterocycles. The molecule has 5 rings (SSSR count). The van der Waals surface area contributed by atoms with E-state index in [9.17, 15) is 0 Å². The van der Waals surface area contributed by atoms with E-state index in [1.54, 1.807) is 0 Å². The van der Waals surface area contributed by atoms with Gasteiger partial charge in [-0.25, -0.2) is 0 Å². The van der Waals surface area contributed by atoms with Gasteiger partial charge in [-0.2, -0.15) is 0 Å². The maximum atomic E-state index is 6.27. The molecule has 3 aliphatic rings. The van der Waals surface area contributed by atoms with Crippen molar-refractivity contribution in [3.05, 3.63) is 54.7 Å². The molecule has 3 nitrogen and oxygen atoms in total. The lowest BCUT2D eigenvalue weighted by Gasteiger charge is -2.30. The van der Waals surface area contributed by atoms with Crippen LogP contribution >= 0.6 is 45.2 Å². The summed E-state index contributed by atoms with van der Waals surface area (Å²) in [5, 5.41) is 0. The third kappa shape index (κ3) is 1.68. The molecule has 106 valence electrons. The second kappa shape index (κ2) is 4.26. The molecule has 5 heteroatoms. The van der Waals surface area contributed by atoms with Crippen molar-refractivity contribution in [3.8, 4) is 11.5 Å². The zero-order valence-corrected chi connectivity index (χ0v) is 15.1. The van der Waals surface area contributed by atoms with Gasteiger partial charge in [0.05, 0.1) is 16.1 Å². The number of rotatable bonds is 0. The number of hydrogen-bond acceptors (Lipinski definition) is 3. The van der Waals surface area contributed by atoms with Gasteiger partial charge in [-0.15, -0.1) is 0 Å². The smallest absolute Gasteiger partial charge is 0.284 e. The van der Waals surface area contributed by atoms with Crippen LogP contribution in [0.5, 0.6) is 11.5 Å². The largest absolute Gasteiger partial charge is 0.445 e. The highest BCUT2D eigenvalue weighted by atomic mass is 127. The highest BCUT2D eigenvalue weighted by Gasteiger charge is 2.62. The molecule has 3 unspecified atom stereocenters. The zero-order chi connectivity index (χ0) is 14.2. The van der Waals surface area contributed by atoms with Gasteiger partial charge in [-0.1, -0.05) is 24.3 Å². The Kier molecular flexibility index (Phi) is 2.63. The molecule has 3 heterocycles. The molecule has 0 radical (unpaired) electrons. The average Bonchev–Trinajstić information content (AvgIpc) is 3.10. The third-order valence-corrected chi connectivity index (χ3v) is 5.75. The van der Waals surface area contributed by atoms with Crippen molar-refractivity contribution in [2.45, 2.75) is 24.4 Å². The first kappa shape index (κ1) is 13.0. The van der Waals surface area contributed by atoms with Crippen molar-refractivity contribution in [2.75, 3.05) is 0 Å². The summed E-state index contributed by atoms with van der Waals surface area (Å²) in [6.45, 7) is 0. The van der Waals surface area contributed by atoms with Crippen LogP contribution in [0.25, 0.3) is 0 Å². The fourth-order valence-electron chi connectivity index (χ4n) is 3.50. The standard InChI is InChI=1S/C16H10I2O3/c17-8-5-11(18)14-12(6-8)20-16(21-14)7-13-9-3-1-2-4-10(9)15(16)19-13/h1-6,13,15H,7H2. The minimum Gasteiger partial charge on any atom is -0.445 e. The van der Waals surface area contributed by atoms with E-state index in [0.29, 0.717) is 0 Å². The second-order valence-electron chi connectivity index (χ2n) is 5.57. The zero-order valence-electron chi connectivity index (χ0n) is 10.8. The Morgan fingerprint density at radius 3 is 2.71 bits per heavy atom. The van der Waals surface area contributed by atoms with E-state index >= 15 is 0 Å². The number of halogens is 2. The van der Waals surface area contributed by atoms with Crippen LogP contribution < -0.4 is 9.47 Å². The summed E-state index contributed by atoms with van der Waals surface area (Å²) in [4.78, 5) is 0. The maximum Gasteiger partial charge on any atom is 0.284 e. The van der Waals surface area contributed by atoms with E-state index in [4.69, 9.17) is 14.2 Å². The molecule has 2 aromatic rings. The van der Waals surface area contributed by atoms with Crippen molar-refractivity contribution >= 4 is 45.2 Å². The summed E-state index contributed by atoms with van der Waals surface area (Å²) in [6.07, 6.45) is 0.688. The Labute approximate surface area is 149 Å². The fourth-order valence-corrected chi connectivity index (χ4v) is 5.40. The van der Waals surface area contributed by atoms with Gasteiger partial charge in [0.25, 0.3) is 5.79 Å². The Morgan fingerprint density at radius 2 is 1.86 bits per heavy atom. The van der Waals surface area contributed by atoms with E-state index in [0.717, 1.165) is 25.1 Å². The van der Waals surface area contributed by atoms with Crippen molar-refractivity contribution < 1.29 is 14.2 Å². The molecular formula is C16H10I2O3. The number of fused-ring (bicyclic) bond motifs is 7. The molecule has 0 aromatic heterocycles. The van der Waals surface area contributed by atoms with Gasteiger partial charge in [-0.3, -0.25) is 0 Å². The summed E-state index contributed by atoms with van der Waals surface area (Å²) in [6, 6.07) is 12.5. The normalized spacial score (nSPS) is 31.0. The van der Waals surface area contributed by atoms with Crippen LogP contribution in [-0.2, 0) is 4.74 Å². The highest BCUT2D eigenvalue weighted by Crippen LogP contribution is 2.61. The van der Waals surface area contributed by atoms with Gasteiger partial charge in [0, 0.05) is 3.57 Å². The molecule has 0 aliphatic carbocycles. The summed E-state index contributed by atoms with van der Waals surface area (Å²) in [5.41, 5.74) is 2.48. The third-order valence-electron chi connectivity index (χ3n) is 4.33. The molecule has 2 aromatic carbocycles. The molecule has 0 amide bonds. The van der Waals surface area contributed by atoms with Crippen LogP contribution in [0.1, 0.15) is 29.8 Å². The molecule has 1 saturated heterocycles. The molecule has 21 heavy (non-hydrogen) atoms. The van der Waals surface area contributed by atoms with Gasteiger partial charge in [0.15, 0.2) is 17.6 Å². The van der Waals surface area contributed by atoms with Gasteiger partial charge in [0.1, 0.15) is 0 Å². The Balaban J connectivity index is 1.61. The minimum atomic E-state index is -0.689. The van der Waals surface area contributed by atoms with Crippen LogP contribution in [0.2, 0.25) is 0 Å². The van der Waals surface area contributed by atoms with E-state index < -0.39 is 5.79 Å². The van der Waals surface area contributed by atoms with Crippen LogP contribution in [0.4, 0.5) is 0 Å². The van der Waals surface area contributed by atoms with Crippen molar-refractivity contribution in [3.63, 3.8) is 0 Å². The van der Waals surface area contributed by atoms with Crippen molar-refractivity contribution in [1.82, 2.24) is 0 Å². The SMILES string of the molecule is Ic1cc(I)c2c(c1)OC1(CC3OC1c1ccccc13)O2. The molecule has 3 atom stereocenters. The first-order chi connectivity index (χ1) is 10.2. The van der Waals surface area contributed by atoms with Gasteiger partial charge in [0.2, 0.25) is 0 Å². The number of hydrogen-bond donors (Lipinski definition) is 0. The predicted molar refractivity (Wildman–Crippen MR) is 93.5 cm³/mol. The van der Waals surface area contributed by atoms with Gasteiger partial charge >= 0.3 is 0 Å². The first-order valence-electron chi connectivity index (χ1n) is 6.78. The molecule has 1 spiro atoms. The van der Waals surface area contributed by atoms with E-state index in [2.05, 4.69) is 69.4 Å². The van der Waals surface area contributed by atoms with Crippen molar-refractivity contribution in [1.29, 1.82) is 0 Å². The number of benzene rings is 2. The molecule has 1 fully saturated rings. The van der Waals surface area contributed by atoms with Crippen LogP contribution in [0.3, 0.4) is 0 Å². The molecule has 2 bridgehead atoms. The Morgan fingerprint density at radius 1 is 1.05 bits per heavy atom. The van der Waals surface area contributed by atoms with Gasteiger partial charge < -0.3 is 14.2 Å². The summed E-state index contributed by atoms with van der Waals surface area (Å²) in [5.74, 6) is 0.996. The Hall–Kier alpha value is -0.540. The Bertz CT molecular complexity index is 776. The molecule has 0 N–H and O–H groups in total. The van der Waals surface area contributed by atoms with Crippen LogP contribution in [0, 0.1) is 7.14 Å². The summed E-state index contributed by atoms with van der Waals surface area (Å²) >= 11 is 4.60. The maximum absolute atomic E-state index is 6.27. The lowest BCUT2D eigenvalue weighted by molar-refractivity contribution is -0.126. The fraction of sp³-hybridized carbons (Fsp3) is 0.250. The predicted octanol–water partition coefficient (Wildman–Crippen LogP) is 4.58. The number of ether oxygens (including phenoxy) is 3. The average molecular weight is 504 g/mol. The van der Waals surface area contributed by atoms with Crippen molar-refractivity contribution in [2.24, 2.45) is 0 Å². The van der Waals surface area contributed by atoms with E-state index in [1.807, 2.05) is 12.1 Å². The molecular weight excluding hydrogens is 494 g/mol. The minimum absolute atomic E-state index is 0.0808. The summed E-state index contributed by atoms with van der Waals surface area (Å²) in [7, 11) is 0. The lowest BCUT2D eigenvalue weighted by Crippen LogP contribution is -2.42. The highest BCUT2D eigenvalue weighted by molar-refractivity contribution is 14.1. The molecule has 0 saturated carbocycles. The van der Waals surface area contributed by atoms with E-state index in [-0.39, 0.29) is 12.2 Å². The quantitative estimate of drug-likeness (QED) is 0.493. The first-order valence-corrected chi connectivity index (χ1v) is 8.93. The van der Waals surface area contributed by atoms with Crippen LogP contribution in [0.15, 0.2) is 36.4 Å². The topological polar surface area (TPSA) is 27.7 Å². The monoisotopic (exact) mass is 504 g/mol. The second-order valence-corrected chi connectivity index (χ2v) is 7.98. The van der Waals surface area contributed by atoms with Crippen LogP contribution in [-0.4, -0.2) is 5.79 Å². The lowest BCUT2D eigenvalue weighted by atomic mass is 9.87.